The number of hydrogen-bond donors (Lipinski definition) is 1. The lowest BCUT2D eigenvalue weighted by Crippen LogP contribution is -2.37. The molecule has 2 N–H and O–H groups in total. The number of amides is 1. The molecule has 4 heteroatoms. The number of nitrogens with zero attached hydrogens (tertiary/aromatic N) is 1. The number of benzene rings is 1. The first-order valence-corrected chi connectivity index (χ1v) is 4.48. The van der Waals surface area contributed by atoms with E-state index in [0.29, 0.717) is 12.1 Å². The zero-order chi connectivity index (χ0) is 10.6. The summed E-state index contributed by atoms with van der Waals surface area (Å²) in [4.78, 5) is 11.3. The van der Waals surface area contributed by atoms with Crippen LogP contribution >= 0.6 is 0 Å². The normalized spacial score (nSPS) is 9.93. The van der Waals surface area contributed by atoms with E-state index >= 15 is 0 Å². The molecule has 0 aliphatic carbocycles. The van der Waals surface area contributed by atoms with Crippen LogP contribution in [0.3, 0.4) is 0 Å². The average Bonchev–Trinajstić information content (AvgIpc) is 2.18. The second-order valence-corrected chi connectivity index (χ2v) is 2.99. The summed E-state index contributed by atoms with van der Waals surface area (Å²) >= 11 is 0. The van der Waals surface area contributed by atoms with Crippen molar-refractivity contribution in [2.24, 2.45) is 5.84 Å². The van der Waals surface area contributed by atoms with Crippen molar-refractivity contribution in [2.45, 2.75) is 19.8 Å². The van der Waals surface area contributed by atoms with Crippen LogP contribution in [0.1, 0.15) is 19.8 Å². The van der Waals surface area contributed by atoms with Gasteiger partial charge in [0.25, 0.3) is 0 Å². The van der Waals surface area contributed by atoms with Gasteiger partial charge in [-0.25, -0.2) is 15.2 Å². The van der Waals surface area contributed by atoms with Gasteiger partial charge in [-0.1, -0.05) is 6.92 Å². The van der Waals surface area contributed by atoms with Gasteiger partial charge in [0.2, 0.25) is 5.91 Å². The standard InChI is InChI=1S/C10H13FN2O/c1-2-3-10(14)13(12)9-6-4-8(11)5-7-9/h4-7H,2-3,12H2,1H3. The topological polar surface area (TPSA) is 46.3 Å². The van der Waals surface area contributed by atoms with Gasteiger partial charge in [-0.05, 0) is 30.7 Å². The van der Waals surface area contributed by atoms with Crippen LogP contribution in [0.25, 0.3) is 0 Å². The third-order valence-electron chi connectivity index (χ3n) is 1.84. The molecule has 76 valence electrons. The highest BCUT2D eigenvalue weighted by Gasteiger charge is 2.09. The van der Waals surface area contributed by atoms with E-state index in [1.54, 1.807) is 0 Å². The molecule has 0 aliphatic heterocycles. The van der Waals surface area contributed by atoms with Gasteiger partial charge in [-0.15, -0.1) is 0 Å². The summed E-state index contributed by atoms with van der Waals surface area (Å²) in [5.74, 6) is 5.03. The summed E-state index contributed by atoms with van der Waals surface area (Å²) in [6.07, 6.45) is 1.14. The molecule has 0 fully saturated rings. The van der Waals surface area contributed by atoms with Crippen molar-refractivity contribution < 1.29 is 9.18 Å². The Morgan fingerprint density at radius 2 is 2.00 bits per heavy atom. The van der Waals surface area contributed by atoms with E-state index in [-0.39, 0.29) is 11.7 Å². The lowest BCUT2D eigenvalue weighted by atomic mass is 10.2. The van der Waals surface area contributed by atoms with Crippen LogP contribution in [0.15, 0.2) is 24.3 Å². The Morgan fingerprint density at radius 3 is 2.50 bits per heavy atom. The number of hydrogen-bond acceptors (Lipinski definition) is 2. The average molecular weight is 196 g/mol. The van der Waals surface area contributed by atoms with Crippen molar-refractivity contribution in [3.63, 3.8) is 0 Å². The molecular formula is C10H13FN2O. The van der Waals surface area contributed by atoms with E-state index in [4.69, 9.17) is 5.84 Å². The Balaban J connectivity index is 2.73. The van der Waals surface area contributed by atoms with Crippen LogP contribution in [-0.4, -0.2) is 5.91 Å². The number of nitrogens with two attached hydrogens (primary N) is 1. The predicted molar refractivity (Wildman–Crippen MR) is 53.0 cm³/mol. The molecule has 0 radical (unpaired) electrons. The fourth-order valence-electron chi connectivity index (χ4n) is 1.08. The summed E-state index contributed by atoms with van der Waals surface area (Å²) in [7, 11) is 0. The summed E-state index contributed by atoms with van der Waals surface area (Å²) in [5.41, 5.74) is 0.504. The highest BCUT2D eigenvalue weighted by molar-refractivity contribution is 5.91. The van der Waals surface area contributed by atoms with E-state index in [1.807, 2.05) is 6.92 Å². The van der Waals surface area contributed by atoms with Crippen LogP contribution in [0, 0.1) is 5.82 Å². The number of halogens is 1. The molecule has 1 rings (SSSR count). The van der Waals surface area contributed by atoms with Gasteiger partial charge in [0.1, 0.15) is 5.82 Å². The molecule has 1 aromatic rings. The van der Waals surface area contributed by atoms with E-state index in [0.717, 1.165) is 11.4 Å². The van der Waals surface area contributed by atoms with Crippen molar-refractivity contribution in [3.8, 4) is 0 Å². The summed E-state index contributed by atoms with van der Waals surface area (Å²) < 4.78 is 12.6. The molecular weight excluding hydrogens is 183 g/mol. The third kappa shape index (κ3) is 2.53. The molecule has 1 amide bonds. The predicted octanol–water partition coefficient (Wildman–Crippen LogP) is 1.83. The first-order valence-electron chi connectivity index (χ1n) is 4.48. The lowest BCUT2D eigenvalue weighted by molar-refractivity contribution is -0.118. The maximum absolute atomic E-state index is 12.6. The minimum atomic E-state index is -0.343. The Bertz CT molecular complexity index is 310. The van der Waals surface area contributed by atoms with Gasteiger partial charge < -0.3 is 0 Å². The smallest absolute Gasteiger partial charge is 0.241 e. The monoisotopic (exact) mass is 196 g/mol. The van der Waals surface area contributed by atoms with Crippen LogP contribution in [0.4, 0.5) is 10.1 Å². The number of rotatable bonds is 3. The molecule has 3 nitrogen and oxygen atoms in total. The molecule has 14 heavy (non-hydrogen) atoms. The SMILES string of the molecule is CCCC(=O)N(N)c1ccc(F)cc1. The molecule has 0 aromatic heterocycles. The Kier molecular flexibility index (Phi) is 3.59. The molecule has 0 atom stereocenters. The second-order valence-electron chi connectivity index (χ2n) is 2.99. The van der Waals surface area contributed by atoms with E-state index in [9.17, 15) is 9.18 Å². The van der Waals surface area contributed by atoms with E-state index in [2.05, 4.69) is 0 Å². The van der Waals surface area contributed by atoms with E-state index < -0.39 is 0 Å². The Labute approximate surface area is 82.3 Å². The van der Waals surface area contributed by atoms with Gasteiger partial charge in [-0.3, -0.25) is 4.79 Å². The fraction of sp³-hybridized carbons (Fsp3) is 0.300. The minimum Gasteiger partial charge on any atom is -0.273 e. The van der Waals surface area contributed by atoms with E-state index in [1.165, 1.54) is 24.3 Å². The van der Waals surface area contributed by atoms with Gasteiger partial charge in [0.05, 0.1) is 5.69 Å². The molecule has 0 spiro atoms. The van der Waals surface area contributed by atoms with Crippen LogP contribution < -0.4 is 10.9 Å². The Hall–Kier alpha value is -1.42. The maximum Gasteiger partial charge on any atom is 0.241 e. The van der Waals surface area contributed by atoms with Gasteiger partial charge >= 0.3 is 0 Å². The summed E-state index contributed by atoms with van der Waals surface area (Å²) in [6, 6.07) is 5.49. The largest absolute Gasteiger partial charge is 0.273 e. The lowest BCUT2D eigenvalue weighted by Gasteiger charge is -2.15. The molecule has 0 aliphatic rings. The van der Waals surface area contributed by atoms with Crippen molar-refractivity contribution in [2.75, 3.05) is 5.01 Å². The molecule has 0 saturated heterocycles. The van der Waals surface area contributed by atoms with Crippen LogP contribution in [0.5, 0.6) is 0 Å². The second kappa shape index (κ2) is 4.72. The quantitative estimate of drug-likeness (QED) is 0.455. The molecule has 0 bridgehead atoms. The Morgan fingerprint density at radius 1 is 1.43 bits per heavy atom. The minimum absolute atomic E-state index is 0.167. The van der Waals surface area contributed by atoms with Gasteiger partial charge in [-0.2, -0.15) is 0 Å². The maximum atomic E-state index is 12.6. The van der Waals surface area contributed by atoms with Crippen molar-refractivity contribution in [1.82, 2.24) is 0 Å². The number of carbonyl (C=O) groups is 1. The first-order chi connectivity index (χ1) is 6.65. The van der Waals surface area contributed by atoms with Crippen molar-refractivity contribution in [3.05, 3.63) is 30.1 Å². The zero-order valence-corrected chi connectivity index (χ0v) is 8.03. The van der Waals surface area contributed by atoms with Crippen molar-refractivity contribution >= 4 is 11.6 Å². The molecule has 0 heterocycles. The van der Waals surface area contributed by atoms with Gasteiger partial charge in [0.15, 0.2) is 0 Å². The highest BCUT2D eigenvalue weighted by Crippen LogP contribution is 2.12. The molecule has 0 saturated carbocycles. The highest BCUT2D eigenvalue weighted by atomic mass is 19.1. The van der Waals surface area contributed by atoms with Gasteiger partial charge in [0, 0.05) is 6.42 Å². The number of hydrazine groups is 1. The molecule has 0 unspecified atom stereocenters. The number of anilines is 1. The summed E-state index contributed by atoms with van der Waals surface area (Å²) in [6.45, 7) is 1.90. The summed E-state index contributed by atoms with van der Waals surface area (Å²) in [5, 5.41) is 1.04. The molecule has 1 aromatic carbocycles. The first kappa shape index (κ1) is 10.7. The fourth-order valence-corrected chi connectivity index (χ4v) is 1.08. The van der Waals surface area contributed by atoms with Crippen LogP contribution in [-0.2, 0) is 4.79 Å². The van der Waals surface area contributed by atoms with Crippen LogP contribution in [0.2, 0.25) is 0 Å². The van der Waals surface area contributed by atoms with Crippen molar-refractivity contribution in [1.29, 1.82) is 0 Å². The zero-order valence-electron chi connectivity index (χ0n) is 8.03. The third-order valence-corrected chi connectivity index (χ3v) is 1.84. The number of carbonyl (C=O) groups excluding carboxylic acids is 1.